The Bertz CT molecular complexity index is 916. The van der Waals surface area contributed by atoms with Crippen molar-refractivity contribution in [1.82, 2.24) is 0 Å². The third-order valence-electron chi connectivity index (χ3n) is 3.60. The Hall–Kier alpha value is -3.12. The highest BCUT2D eigenvalue weighted by Gasteiger charge is 2.23. The maximum absolute atomic E-state index is 12.1. The zero-order chi connectivity index (χ0) is 18.0. The average molecular weight is 358 g/mol. The molecule has 0 radical (unpaired) electrons. The molecule has 0 amide bonds. The highest BCUT2D eigenvalue weighted by molar-refractivity contribution is 6.30. The van der Waals surface area contributed by atoms with Gasteiger partial charge in [0.2, 0.25) is 0 Å². The molecule has 7 heteroatoms. The molecule has 0 saturated carbocycles. The Kier molecular flexibility index (Phi) is 4.54. The lowest BCUT2D eigenvalue weighted by Crippen LogP contribution is -1.98. The number of halogens is 1. The van der Waals surface area contributed by atoms with E-state index in [0.717, 1.165) is 0 Å². The van der Waals surface area contributed by atoms with Crippen molar-refractivity contribution in [1.29, 1.82) is 0 Å². The van der Waals surface area contributed by atoms with Crippen molar-refractivity contribution in [3.8, 4) is 5.75 Å². The van der Waals surface area contributed by atoms with Crippen molar-refractivity contribution in [2.75, 3.05) is 7.11 Å². The van der Waals surface area contributed by atoms with Gasteiger partial charge in [0.25, 0.3) is 5.69 Å². The van der Waals surface area contributed by atoms with Crippen LogP contribution < -0.4 is 4.74 Å². The first-order chi connectivity index (χ1) is 12.0. The average Bonchev–Trinajstić information content (AvgIpc) is 2.96. The van der Waals surface area contributed by atoms with Crippen molar-refractivity contribution in [3.63, 3.8) is 0 Å². The van der Waals surface area contributed by atoms with Crippen molar-refractivity contribution >= 4 is 35.1 Å². The number of rotatable bonds is 4. The Morgan fingerprint density at radius 1 is 1.20 bits per heavy atom. The molecule has 1 aliphatic heterocycles. The monoisotopic (exact) mass is 357 g/mol. The van der Waals surface area contributed by atoms with Crippen molar-refractivity contribution in [3.05, 3.63) is 80.4 Å². The molecule has 2 aromatic carbocycles. The lowest BCUT2D eigenvalue weighted by Gasteiger charge is -2.02. The Morgan fingerprint density at radius 2 is 1.92 bits per heavy atom. The molecule has 0 aliphatic carbocycles. The first-order valence-corrected chi connectivity index (χ1v) is 7.59. The normalized spacial score (nSPS) is 15.0. The molecule has 0 atom stereocenters. The smallest absolute Gasteiger partial charge is 0.343 e. The van der Waals surface area contributed by atoms with Gasteiger partial charge in [-0.1, -0.05) is 11.6 Å². The van der Waals surface area contributed by atoms with Gasteiger partial charge < -0.3 is 9.47 Å². The first kappa shape index (κ1) is 16.7. The number of ether oxygens (including phenoxy) is 2. The van der Waals surface area contributed by atoms with Crippen LogP contribution in [0.15, 0.2) is 54.1 Å². The molecule has 2 aromatic rings. The van der Waals surface area contributed by atoms with Crippen LogP contribution in [-0.2, 0) is 9.53 Å². The van der Waals surface area contributed by atoms with Gasteiger partial charge in [-0.25, -0.2) is 4.79 Å². The number of hydrogen-bond acceptors (Lipinski definition) is 5. The maximum atomic E-state index is 12.1. The number of cyclic esters (lactones) is 1. The van der Waals surface area contributed by atoms with E-state index in [-0.39, 0.29) is 16.8 Å². The number of carbonyl (C=O) groups is 1. The summed E-state index contributed by atoms with van der Waals surface area (Å²) in [6.07, 6.45) is 2.96. The molecule has 3 rings (SSSR count). The highest BCUT2D eigenvalue weighted by atomic mass is 35.5. The number of benzene rings is 2. The van der Waals surface area contributed by atoms with Gasteiger partial charge in [0.15, 0.2) is 0 Å². The molecule has 0 aromatic heterocycles. The van der Waals surface area contributed by atoms with Gasteiger partial charge in [0.1, 0.15) is 11.5 Å². The molecule has 0 unspecified atom stereocenters. The fourth-order valence-electron chi connectivity index (χ4n) is 2.34. The van der Waals surface area contributed by atoms with Gasteiger partial charge in [0.05, 0.1) is 29.2 Å². The standard InChI is InChI=1S/C18H12ClNO5/c1-24-15-7-4-12(16(10-15)20(22)23)8-13-9-17(25-18(13)21)11-2-5-14(19)6-3-11/h2-10H,1H3/b13-8+. The topological polar surface area (TPSA) is 78.7 Å². The zero-order valence-corrected chi connectivity index (χ0v) is 13.8. The summed E-state index contributed by atoms with van der Waals surface area (Å²) < 4.78 is 10.2. The van der Waals surface area contributed by atoms with Crippen LogP contribution in [0.5, 0.6) is 5.75 Å². The van der Waals surface area contributed by atoms with Gasteiger partial charge in [0, 0.05) is 10.6 Å². The summed E-state index contributed by atoms with van der Waals surface area (Å²) in [7, 11) is 1.42. The van der Waals surface area contributed by atoms with E-state index in [1.165, 1.54) is 25.3 Å². The SMILES string of the molecule is COc1ccc(/C=C2\C=C(c3ccc(Cl)cc3)OC2=O)c([N+](=O)[O-])c1. The van der Waals surface area contributed by atoms with Crippen LogP contribution in [0.25, 0.3) is 11.8 Å². The third-order valence-corrected chi connectivity index (χ3v) is 3.85. The van der Waals surface area contributed by atoms with Gasteiger partial charge in [-0.05, 0) is 48.6 Å². The molecule has 25 heavy (non-hydrogen) atoms. The number of nitrogens with zero attached hydrogens (tertiary/aromatic N) is 1. The van der Waals surface area contributed by atoms with Gasteiger partial charge in [-0.2, -0.15) is 0 Å². The molecule has 126 valence electrons. The number of hydrogen-bond donors (Lipinski definition) is 0. The fraction of sp³-hybridized carbons (Fsp3) is 0.0556. The number of nitro benzene ring substituents is 1. The molecule has 6 nitrogen and oxygen atoms in total. The van der Waals surface area contributed by atoms with Crippen LogP contribution in [-0.4, -0.2) is 18.0 Å². The van der Waals surface area contributed by atoms with Crippen LogP contribution in [0.4, 0.5) is 5.69 Å². The Morgan fingerprint density at radius 3 is 2.56 bits per heavy atom. The van der Waals surface area contributed by atoms with E-state index >= 15 is 0 Å². The van der Waals surface area contributed by atoms with Crippen molar-refractivity contribution in [2.24, 2.45) is 0 Å². The lowest BCUT2D eigenvalue weighted by molar-refractivity contribution is -0.385. The van der Waals surface area contributed by atoms with Crippen LogP contribution in [0.2, 0.25) is 5.02 Å². The van der Waals surface area contributed by atoms with E-state index in [1.54, 1.807) is 36.4 Å². The number of carbonyl (C=O) groups excluding carboxylic acids is 1. The molecular weight excluding hydrogens is 346 g/mol. The third kappa shape index (κ3) is 3.54. The molecule has 0 fully saturated rings. The summed E-state index contributed by atoms with van der Waals surface area (Å²) in [4.78, 5) is 22.8. The second-order valence-electron chi connectivity index (χ2n) is 5.19. The summed E-state index contributed by atoms with van der Waals surface area (Å²) in [5.74, 6) is 0.152. The number of nitro groups is 1. The molecule has 0 N–H and O–H groups in total. The minimum atomic E-state index is -0.574. The minimum absolute atomic E-state index is 0.159. The minimum Gasteiger partial charge on any atom is -0.497 e. The second-order valence-corrected chi connectivity index (χ2v) is 5.62. The van der Waals surface area contributed by atoms with E-state index in [1.807, 2.05) is 0 Å². The quantitative estimate of drug-likeness (QED) is 0.354. The van der Waals surface area contributed by atoms with Crippen LogP contribution in [0.3, 0.4) is 0 Å². The maximum Gasteiger partial charge on any atom is 0.343 e. The van der Waals surface area contributed by atoms with Gasteiger partial charge in [-0.3, -0.25) is 10.1 Å². The van der Waals surface area contributed by atoms with Crippen molar-refractivity contribution in [2.45, 2.75) is 0 Å². The van der Waals surface area contributed by atoms with Gasteiger partial charge in [-0.15, -0.1) is 0 Å². The van der Waals surface area contributed by atoms with E-state index < -0.39 is 10.9 Å². The predicted molar refractivity (Wildman–Crippen MR) is 93.1 cm³/mol. The summed E-state index contributed by atoms with van der Waals surface area (Å²) in [6.45, 7) is 0. The second kappa shape index (κ2) is 6.78. The molecule has 0 spiro atoms. The Balaban J connectivity index is 2.00. The number of esters is 1. The molecule has 1 heterocycles. The van der Waals surface area contributed by atoms with Crippen LogP contribution >= 0.6 is 11.6 Å². The number of methoxy groups -OCH3 is 1. The van der Waals surface area contributed by atoms with Crippen molar-refractivity contribution < 1.29 is 19.2 Å². The van der Waals surface area contributed by atoms with Crippen LogP contribution in [0.1, 0.15) is 11.1 Å². The largest absolute Gasteiger partial charge is 0.497 e. The van der Waals surface area contributed by atoms with Gasteiger partial charge >= 0.3 is 5.97 Å². The Labute approximate surface area is 148 Å². The highest BCUT2D eigenvalue weighted by Crippen LogP contribution is 2.31. The van der Waals surface area contributed by atoms with E-state index in [4.69, 9.17) is 21.1 Å². The summed E-state index contributed by atoms with van der Waals surface area (Å²) in [6, 6.07) is 11.2. The fourth-order valence-corrected chi connectivity index (χ4v) is 2.47. The van der Waals surface area contributed by atoms with Crippen LogP contribution in [0, 0.1) is 10.1 Å². The van der Waals surface area contributed by atoms with E-state index in [0.29, 0.717) is 22.1 Å². The summed E-state index contributed by atoms with van der Waals surface area (Å²) >= 11 is 5.84. The molecule has 1 aliphatic rings. The lowest BCUT2D eigenvalue weighted by atomic mass is 10.1. The van der Waals surface area contributed by atoms with E-state index in [2.05, 4.69) is 0 Å². The molecule has 0 saturated heterocycles. The zero-order valence-electron chi connectivity index (χ0n) is 13.1. The summed E-state index contributed by atoms with van der Waals surface area (Å²) in [5, 5.41) is 11.8. The summed E-state index contributed by atoms with van der Waals surface area (Å²) in [5.41, 5.74) is 1.03. The van der Waals surface area contributed by atoms with E-state index in [9.17, 15) is 14.9 Å². The first-order valence-electron chi connectivity index (χ1n) is 7.22. The predicted octanol–water partition coefficient (Wildman–Crippen LogP) is 4.24. The molecular formula is C18H12ClNO5. The molecule has 0 bridgehead atoms.